The molecular formula is C27H32N4O2. The highest BCUT2D eigenvalue weighted by molar-refractivity contribution is 6.08. The Labute approximate surface area is 194 Å². The molecule has 1 aromatic carbocycles. The van der Waals surface area contributed by atoms with E-state index in [1.54, 1.807) is 6.20 Å². The lowest BCUT2D eigenvalue weighted by Crippen LogP contribution is -2.39. The monoisotopic (exact) mass is 444 g/mol. The molecule has 2 aromatic heterocycles. The summed E-state index contributed by atoms with van der Waals surface area (Å²) in [4.78, 5) is 36.0. The fourth-order valence-corrected chi connectivity index (χ4v) is 5.42. The number of aromatic amines is 1. The minimum Gasteiger partial charge on any atom is -0.358 e. The Morgan fingerprint density at radius 3 is 2.64 bits per heavy atom. The molecule has 2 amide bonds. The highest BCUT2D eigenvalue weighted by Crippen LogP contribution is 2.30. The molecule has 0 radical (unpaired) electrons. The van der Waals surface area contributed by atoms with E-state index in [-0.39, 0.29) is 17.7 Å². The van der Waals surface area contributed by atoms with E-state index in [1.165, 1.54) is 12.8 Å². The molecule has 1 aliphatic heterocycles. The number of piperidine rings is 1. The highest BCUT2D eigenvalue weighted by atomic mass is 16.2. The fourth-order valence-electron chi connectivity index (χ4n) is 5.42. The number of hydrogen-bond acceptors (Lipinski definition) is 3. The molecular weight excluding hydrogens is 412 g/mol. The molecule has 1 saturated heterocycles. The van der Waals surface area contributed by atoms with E-state index < -0.39 is 0 Å². The van der Waals surface area contributed by atoms with Crippen molar-refractivity contribution in [3.05, 3.63) is 64.6 Å². The number of fused-ring (bicyclic) bond motifs is 1. The van der Waals surface area contributed by atoms with Gasteiger partial charge in [-0.15, -0.1) is 0 Å². The van der Waals surface area contributed by atoms with Crippen LogP contribution in [0.2, 0.25) is 0 Å². The molecule has 0 unspecified atom stereocenters. The van der Waals surface area contributed by atoms with Crippen LogP contribution >= 0.6 is 0 Å². The van der Waals surface area contributed by atoms with E-state index >= 15 is 0 Å². The zero-order chi connectivity index (χ0) is 22.9. The van der Waals surface area contributed by atoms with Crippen LogP contribution in [0, 0.1) is 13.8 Å². The summed E-state index contributed by atoms with van der Waals surface area (Å²) in [6.45, 7) is 5.52. The Bertz CT molecular complexity index is 1170. The highest BCUT2D eigenvalue weighted by Gasteiger charge is 2.28. The van der Waals surface area contributed by atoms with E-state index in [0.29, 0.717) is 18.2 Å². The van der Waals surface area contributed by atoms with E-state index in [1.807, 2.05) is 42.2 Å². The number of carbonyl (C=O) groups is 2. The van der Waals surface area contributed by atoms with Crippen molar-refractivity contribution in [1.82, 2.24) is 20.2 Å². The van der Waals surface area contributed by atoms with Gasteiger partial charge < -0.3 is 15.2 Å². The van der Waals surface area contributed by atoms with Gasteiger partial charge in [-0.1, -0.05) is 18.9 Å². The summed E-state index contributed by atoms with van der Waals surface area (Å²) in [5, 5.41) is 4.15. The lowest BCUT2D eigenvalue weighted by molar-refractivity contribution is 0.0707. The molecule has 3 heterocycles. The van der Waals surface area contributed by atoms with Gasteiger partial charge in [-0.25, -0.2) is 0 Å². The molecule has 5 rings (SSSR count). The van der Waals surface area contributed by atoms with Crippen LogP contribution in [0.1, 0.15) is 82.1 Å². The van der Waals surface area contributed by atoms with Gasteiger partial charge in [0.15, 0.2) is 0 Å². The summed E-state index contributed by atoms with van der Waals surface area (Å²) in [6.07, 6.45) is 8.15. The second-order valence-electron chi connectivity index (χ2n) is 9.62. The number of amides is 2. The number of H-pyrrole nitrogens is 1. The molecule has 6 nitrogen and oxygen atoms in total. The Hall–Kier alpha value is -3.15. The van der Waals surface area contributed by atoms with E-state index in [4.69, 9.17) is 0 Å². The van der Waals surface area contributed by atoms with Gasteiger partial charge in [0, 0.05) is 59.1 Å². The Morgan fingerprint density at radius 2 is 1.88 bits per heavy atom. The first kappa shape index (κ1) is 21.7. The molecule has 33 heavy (non-hydrogen) atoms. The maximum Gasteiger partial charge on any atom is 0.254 e. The first-order chi connectivity index (χ1) is 16.0. The van der Waals surface area contributed by atoms with Crippen LogP contribution in [0.25, 0.3) is 10.9 Å². The van der Waals surface area contributed by atoms with Gasteiger partial charge in [0.2, 0.25) is 0 Å². The van der Waals surface area contributed by atoms with Gasteiger partial charge in [-0.3, -0.25) is 14.6 Å². The topological polar surface area (TPSA) is 78.1 Å². The molecule has 3 aromatic rings. The minimum absolute atomic E-state index is 0.0355. The molecule has 0 spiro atoms. The average molecular weight is 445 g/mol. The van der Waals surface area contributed by atoms with Crippen LogP contribution in [0.4, 0.5) is 0 Å². The molecule has 0 bridgehead atoms. The van der Waals surface area contributed by atoms with Crippen molar-refractivity contribution in [3.63, 3.8) is 0 Å². The number of benzene rings is 1. The maximum absolute atomic E-state index is 13.5. The second kappa shape index (κ2) is 9.00. The third-order valence-corrected chi connectivity index (χ3v) is 7.42. The zero-order valence-corrected chi connectivity index (χ0v) is 19.5. The third-order valence-electron chi connectivity index (χ3n) is 7.42. The standard InChI is InChI=1S/C27H32N4O2/c1-17-18(2)29-24-11-5-10-22(25(17)24)27(33)31-14-6-7-20(16-31)23-13-12-19(15-28-23)26(32)30-21-8-3-4-9-21/h5,10-13,15,20-21,29H,3-4,6-9,14,16H2,1-2H3,(H,30,32)/t20-/m1/s1. The quantitative estimate of drug-likeness (QED) is 0.602. The third kappa shape index (κ3) is 4.26. The largest absolute Gasteiger partial charge is 0.358 e. The number of rotatable bonds is 4. The molecule has 2 fully saturated rings. The summed E-state index contributed by atoms with van der Waals surface area (Å²) < 4.78 is 0. The first-order valence-corrected chi connectivity index (χ1v) is 12.1. The van der Waals surface area contributed by atoms with Gasteiger partial charge >= 0.3 is 0 Å². The molecule has 2 aliphatic rings. The number of nitrogens with zero attached hydrogens (tertiary/aromatic N) is 2. The number of likely N-dealkylation sites (tertiary alicyclic amines) is 1. The predicted octanol–water partition coefficient (Wildman–Crippen LogP) is 4.87. The van der Waals surface area contributed by atoms with Gasteiger partial charge in [-0.2, -0.15) is 0 Å². The number of carbonyl (C=O) groups excluding carboxylic acids is 2. The normalized spacial score (nSPS) is 19.2. The number of aryl methyl sites for hydroxylation is 2. The molecule has 1 saturated carbocycles. The molecule has 1 atom stereocenters. The van der Waals surface area contributed by atoms with Crippen LogP contribution in [0.15, 0.2) is 36.5 Å². The lowest BCUT2D eigenvalue weighted by Gasteiger charge is -2.33. The maximum atomic E-state index is 13.5. The molecule has 172 valence electrons. The lowest BCUT2D eigenvalue weighted by atomic mass is 9.93. The van der Waals surface area contributed by atoms with Gasteiger partial charge in [-0.05, 0) is 69.4 Å². The summed E-state index contributed by atoms with van der Waals surface area (Å²) in [6, 6.07) is 10.0. The van der Waals surface area contributed by atoms with Gasteiger partial charge in [0.25, 0.3) is 11.8 Å². The van der Waals surface area contributed by atoms with Crippen LogP contribution in [-0.4, -0.2) is 45.8 Å². The summed E-state index contributed by atoms with van der Waals surface area (Å²) >= 11 is 0. The van der Waals surface area contributed by atoms with Crippen molar-refractivity contribution in [1.29, 1.82) is 0 Å². The molecule has 6 heteroatoms. The average Bonchev–Trinajstić information content (AvgIpc) is 3.46. The fraction of sp³-hybridized carbons (Fsp3) is 0.444. The Kier molecular flexibility index (Phi) is 5.92. The SMILES string of the molecule is Cc1[nH]c2cccc(C(=O)N3CCC[C@@H](c4ccc(C(=O)NC5CCCC5)cn4)C3)c2c1C. The van der Waals surface area contributed by atoms with E-state index in [9.17, 15) is 9.59 Å². The first-order valence-electron chi connectivity index (χ1n) is 12.1. The molecule has 2 N–H and O–H groups in total. The van der Waals surface area contributed by atoms with Crippen LogP contribution < -0.4 is 5.32 Å². The molecule has 1 aliphatic carbocycles. The summed E-state index contributed by atoms with van der Waals surface area (Å²) in [5.41, 5.74) is 5.58. The minimum atomic E-state index is -0.0355. The smallest absolute Gasteiger partial charge is 0.254 e. The van der Waals surface area contributed by atoms with Gasteiger partial charge in [0.05, 0.1) is 5.56 Å². The summed E-state index contributed by atoms with van der Waals surface area (Å²) in [5.74, 6) is 0.231. The van der Waals surface area contributed by atoms with Crippen LogP contribution in [0.5, 0.6) is 0 Å². The van der Waals surface area contributed by atoms with Crippen molar-refractivity contribution in [2.75, 3.05) is 13.1 Å². The number of nitrogens with one attached hydrogen (secondary N) is 2. The van der Waals surface area contributed by atoms with Crippen molar-refractivity contribution < 1.29 is 9.59 Å². The van der Waals surface area contributed by atoms with Crippen molar-refractivity contribution in [3.8, 4) is 0 Å². The number of pyridine rings is 1. The van der Waals surface area contributed by atoms with Crippen LogP contribution in [-0.2, 0) is 0 Å². The van der Waals surface area contributed by atoms with Crippen LogP contribution in [0.3, 0.4) is 0 Å². The zero-order valence-electron chi connectivity index (χ0n) is 19.5. The second-order valence-corrected chi connectivity index (χ2v) is 9.62. The number of hydrogen-bond donors (Lipinski definition) is 2. The van der Waals surface area contributed by atoms with E-state index in [2.05, 4.69) is 22.2 Å². The van der Waals surface area contributed by atoms with Crippen molar-refractivity contribution in [2.24, 2.45) is 0 Å². The van der Waals surface area contributed by atoms with Crippen molar-refractivity contribution >= 4 is 22.7 Å². The Balaban J connectivity index is 1.30. The van der Waals surface area contributed by atoms with Crippen molar-refractivity contribution in [2.45, 2.75) is 64.3 Å². The van der Waals surface area contributed by atoms with E-state index in [0.717, 1.165) is 65.6 Å². The summed E-state index contributed by atoms with van der Waals surface area (Å²) in [7, 11) is 0. The predicted molar refractivity (Wildman–Crippen MR) is 130 cm³/mol. The Morgan fingerprint density at radius 1 is 1.06 bits per heavy atom. The number of aromatic nitrogens is 2. The van der Waals surface area contributed by atoms with Gasteiger partial charge in [0.1, 0.15) is 0 Å².